The van der Waals surface area contributed by atoms with Gasteiger partial charge in [-0.25, -0.2) is 0 Å². The Morgan fingerprint density at radius 1 is 1.20 bits per heavy atom. The van der Waals surface area contributed by atoms with Crippen molar-refractivity contribution in [3.05, 3.63) is 59.6 Å². The minimum absolute atomic E-state index is 0.0433. The largest absolute Gasteiger partial charge is 0.458 e. The highest BCUT2D eigenvalue weighted by Crippen LogP contribution is 2.13. The number of nitrogens with one attached hydrogen (secondary N) is 2. The first-order valence-electron chi connectivity index (χ1n) is 7.51. The third kappa shape index (κ3) is 5.65. The molecule has 2 rings (SSSR count). The smallest absolute Gasteiger partial charge is 0.303 e. The fourth-order valence-corrected chi connectivity index (χ4v) is 1.96. The summed E-state index contributed by atoms with van der Waals surface area (Å²) in [6, 6.07) is 9.91. The summed E-state index contributed by atoms with van der Waals surface area (Å²) in [6.07, 6.45) is 2.80. The molecule has 0 radical (unpaired) electrons. The Labute approximate surface area is 144 Å². The van der Waals surface area contributed by atoms with Gasteiger partial charge < -0.3 is 19.8 Å². The number of furan rings is 1. The number of carbonyl (C=O) groups is 3. The van der Waals surface area contributed by atoms with Crippen LogP contribution in [0.1, 0.15) is 28.8 Å². The minimum atomic E-state index is -0.396. The summed E-state index contributed by atoms with van der Waals surface area (Å²) in [5.74, 6) is -0.0636. The molecule has 0 atom stereocenters. The molecule has 2 N–H and O–H groups in total. The van der Waals surface area contributed by atoms with Gasteiger partial charge in [0, 0.05) is 31.3 Å². The second-order valence-electron chi connectivity index (χ2n) is 5.07. The monoisotopic (exact) mass is 342 g/mol. The Morgan fingerprint density at radius 3 is 2.72 bits per heavy atom. The second-order valence-corrected chi connectivity index (χ2v) is 5.07. The first kappa shape index (κ1) is 18.0. The van der Waals surface area contributed by atoms with Gasteiger partial charge in [0.15, 0.2) is 0 Å². The average Bonchev–Trinajstić information content (AvgIpc) is 3.05. The van der Waals surface area contributed by atoms with Crippen molar-refractivity contribution in [1.29, 1.82) is 0 Å². The number of hydrogen-bond acceptors (Lipinski definition) is 5. The molecule has 7 heteroatoms. The van der Waals surface area contributed by atoms with Crippen LogP contribution in [0.15, 0.2) is 46.9 Å². The molecule has 0 fully saturated rings. The molecule has 0 aliphatic heterocycles. The predicted molar refractivity (Wildman–Crippen MR) is 91.7 cm³/mol. The van der Waals surface area contributed by atoms with Crippen molar-refractivity contribution in [3.8, 4) is 0 Å². The zero-order valence-corrected chi connectivity index (χ0v) is 13.9. The maximum absolute atomic E-state index is 11.9. The van der Waals surface area contributed by atoms with Crippen molar-refractivity contribution < 1.29 is 23.5 Å². The summed E-state index contributed by atoms with van der Waals surface area (Å²) >= 11 is 0. The lowest BCUT2D eigenvalue weighted by molar-refractivity contribution is -0.142. The van der Waals surface area contributed by atoms with Gasteiger partial charge in [-0.1, -0.05) is 6.07 Å². The molecule has 1 aromatic heterocycles. The molecular weight excluding hydrogens is 324 g/mol. The zero-order chi connectivity index (χ0) is 18.2. The van der Waals surface area contributed by atoms with E-state index in [0.29, 0.717) is 22.8 Å². The van der Waals surface area contributed by atoms with E-state index in [0.717, 1.165) is 0 Å². The first-order valence-corrected chi connectivity index (χ1v) is 7.51. The first-order chi connectivity index (χ1) is 12.0. The number of carbonyl (C=O) groups excluding carboxylic acids is 3. The van der Waals surface area contributed by atoms with E-state index >= 15 is 0 Å². The van der Waals surface area contributed by atoms with E-state index in [-0.39, 0.29) is 18.4 Å². The lowest BCUT2D eigenvalue weighted by Gasteiger charge is -2.04. The molecule has 7 nitrogen and oxygen atoms in total. The number of benzene rings is 1. The predicted octanol–water partition coefficient (Wildman–Crippen LogP) is 2.35. The molecular formula is C18H18N2O5. The molecule has 2 amide bonds. The Bertz CT molecular complexity index is 807. The van der Waals surface area contributed by atoms with Crippen molar-refractivity contribution in [1.82, 2.24) is 5.32 Å². The van der Waals surface area contributed by atoms with E-state index < -0.39 is 5.97 Å². The molecule has 0 spiro atoms. The zero-order valence-electron chi connectivity index (χ0n) is 13.9. The molecule has 130 valence electrons. The molecule has 0 unspecified atom stereocenters. The summed E-state index contributed by atoms with van der Waals surface area (Å²) in [5.41, 5.74) is 0.955. The van der Waals surface area contributed by atoms with Crippen LogP contribution in [0.5, 0.6) is 0 Å². The lowest BCUT2D eigenvalue weighted by Crippen LogP contribution is -2.18. The topological polar surface area (TPSA) is 97.6 Å². The SMILES string of the molecule is CNC(=O)c1cccc(NC(=O)/C=C/c2ccc(COC(C)=O)o2)c1. The maximum atomic E-state index is 11.9. The molecule has 0 saturated carbocycles. The van der Waals surface area contributed by atoms with Crippen molar-refractivity contribution >= 4 is 29.5 Å². The fourth-order valence-electron chi connectivity index (χ4n) is 1.96. The standard InChI is InChI=1S/C18H18N2O5/c1-12(21)24-11-16-7-6-15(25-16)8-9-17(22)20-14-5-3-4-13(10-14)18(23)19-2/h3-10H,11H2,1-2H3,(H,19,23)(H,20,22)/b9-8+. The molecule has 1 aromatic carbocycles. The third-order valence-electron chi connectivity index (χ3n) is 3.12. The molecule has 2 aromatic rings. The summed E-state index contributed by atoms with van der Waals surface area (Å²) in [7, 11) is 1.54. The van der Waals surface area contributed by atoms with E-state index in [4.69, 9.17) is 9.15 Å². The lowest BCUT2D eigenvalue weighted by atomic mass is 10.2. The van der Waals surface area contributed by atoms with E-state index in [1.165, 1.54) is 26.1 Å². The normalized spacial score (nSPS) is 10.5. The number of rotatable bonds is 6. The molecule has 0 aliphatic rings. The quantitative estimate of drug-likeness (QED) is 0.620. The van der Waals surface area contributed by atoms with Crippen molar-refractivity contribution in [3.63, 3.8) is 0 Å². The number of esters is 1. The van der Waals surface area contributed by atoms with Gasteiger partial charge in [0.2, 0.25) is 5.91 Å². The van der Waals surface area contributed by atoms with Crippen molar-refractivity contribution in [2.75, 3.05) is 12.4 Å². The number of hydrogen-bond donors (Lipinski definition) is 2. The number of amides is 2. The molecule has 0 saturated heterocycles. The highest BCUT2D eigenvalue weighted by atomic mass is 16.5. The minimum Gasteiger partial charge on any atom is -0.458 e. The van der Waals surface area contributed by atoms with Crippen molar-refractivity contribution in [2.24, 2.45) is 0 Å². The van der Waals surface area contributed by atoms with Gasteiger partial charge in [0.05, 0.1) is 0 Å². The number of ether oxygens (including phenoxy) is 1. The van der Waals surface area contributed by atoms with Crippen LogP contribution in [0, 0.1) is 0 Å². The highest BCUT2D eigenvalue weighted by molar-refractivity contribution is 6.03. The second kappa shape index (κ2) is 8.49. The summed E-state index contributed by atoms with van der Waals surface area (Å²) in [6.45, 7) is 1.36. The van der Waals surface area contributed by atoms with Crippen LogP contribution < -0.4 is 10.6 Å². The summed E-state index contributed by atoms with van der Waals surface area (Å²) < 4.78 is 10.2. The van der Waals surface area contributed by atoms with Crippen LogP contribution in [0.3, 0.4) is 0 Å². The molecule has 0 aliphatic carbocycles. The van der Waals surface area contributed by atoms with Gasteiger partial charge in [-0.15, -0.1) is 0 Å². The van der Waals surface area contributed by atoms with Gasteiger partial charge in [-0.05, 0) is 36.4 Å². The Hall–Kier alpha value is -3.35. The van der Waals surface area contributed by atoms with Crippen LogP contribution in [0.2, 0.25) is 0 Å². The Kier molecular flexibility index (Phi) is 6.11. The summed E-state index contributed by atoms with van der Waals surface area (Å²) in [5, 5.41) is 5.18. The van der Waals surface area contributed by atoms with Crippen molar-refractivity contribution in [2.45, 2.75) is 13.5 Å². The van der Waals surface area contributed by atoms with Crippen LogP contribution >= 0.6 is 0 Å². The molecule has 0 bridgehead atoms. The van der Waals surface area contributed by atoms with Crippen LogP contribution in [0.4, 0.5) is 5.69 Å². The Balaban J connectivity index is 1.95. The average molecular weight is 342 g/mol. The van der Waals surface area contributed by atoms with Gasteiger partial charge in [-0.3, -0.25) is 14.4 Å². The summed E-state index contributed by atoms with van der Waals surface area (Å²) in [4.78, 5) is 34.3. The molecule has 25 heavy (non-hydrogen) atoms. The van der Waals surface area contributed by atoms with Gasteiger partial charge in [-0.2, -0.15) is 0 Å². The van der Waals surface area contributed by atoms with Gasteiger partial charge in [0.25, 0.3) is 5.91 Å². The number of anilines is 1. The van der Waals surface area contributed by atoms with Gasteiger partial charge >= 0.3 is 5.97 Å². The Morgan fingerprint density at radius 2 is 2.00 bits per heavy atom. The van der Waals surface area contributed by atoms with E-state index in [1.54, 1.807) is 36.4 Å². The van der Waals surface area contributed by atoms with Crippen LogP contribution in [-0.2, 0) is 20.9 Å². The fraction of sp³-hybridized carbons (Fsp3) is 0.167. The van der Waals surface area contributed by atoms with Crippen LogP contribution in [-0.4, -0.2) is 24.8 Å². The maximum Gasteiger partial charge on any atom is 0.303 e. The van der Waals surface area contributed by atoms with E-state index in [1.807, 2.05) is 0 Å². The molecule has 1 heterocycles. The highest BCUT2D eigenvalue weighted by Gasteiger charge is 2.06. The van der Waals surface area contributed by atoms with E-state index in [2.05, 4.69) is 10.6 Å². The van der Waals surface area contributed by atoms with E-state index in [9.17, 15) is 14.4 Å². The van der Waals surface area contributed by atoms with Gasteiger partial charge in [0.1, 0.15) is 18.1 Å². The third-order valence-corrected chi connectivity index (χ3v) is 3.12. The van der Waals surface area contributed by atoms with Crippen LogP contribution in [0.25, 0.3) is 6.08 Å².